The summed E-state index contributed by atoms with van der Waals surface area (Å²) in [5.41, 5.74) is 4.64. The van der Waals surface area contributed by atoms with Crippen LogP contribution in [0.1, 0.15) is 15.9 Å². The number of aromatic nitrogens is 2. The third-order valence-corrected chi connectivity index (χ3v) is 4.78. The number of aromatic amines is 1. The van der Waals surface area contributed by atoms with E-state index in [0.29, 0.717) is 11.3 Å². The van der Waals surface area contributed by atoms with Gasteiger partial charge in [0.15, 0.2) is 0 Å². The molecule has 7 heteroatoms. The van der Waals surface area contributed by atoms with Crippen molar-refractivity contribution in [3.63, 3.8) is 0 Å². The molecule has 0 unspecified atom stereocenters. The lowest BCUT2D eigenvalue weighted by Crippen LogP contribution is -2.17. The van der Waals surface area contributed by atoms with Crippen molar-refractivity contribution in [2.45, 2.75) is 4.90 Å². The van der Waals surface area contributed by atoms with Crippen LogP contribution in [0.3, 0.4) is 0 Å². The van der Waals surface area contributed by atoms with Gasteiger partial charge in [-0.2, -0.15) is 10.2 Å². The molecule has 1 aromatic carbocycles. The van der Waals surface area contributed by atoms with E-state index in [9.17, 15) is 4.79 Å². The zero-order chi connectivity index (χ0) is 16.1. The minimum Gasteiger partial charge on any atom is -0.276 e. The summed E-state index contributed by atoms with van der Waals surface area (Å²) in [4.78, 5) is 14.4. The van der Waals surface area contributed by atoms with Crippen LogP contribution in [0.4, 0.5) is 0 Å². The van der Waals surface area contributed by atoms with Crippen molar-refractivity contribution in [3.05, 3.63) is 59.1 Å². The first kappa shape index (κ1) is 15.5. The number of benzene rings is 1. The molecule has 116 valence electrons. The Morgan fingerprint density at radius 1 is 1.35 bits per heavy atom. The van der Waals surface area contributed by atoms with E-state index in [-0.39, 0.29) is 5.91 Å². The van der Waals surface area contributed by atoms with E-state index < -0.39 is 0 Å². The predicted octanol–water partition coefficient (Wildman–Crippen LogP) is 3.62. The molecule has 0 aliphatic carbocycles. The monoisotopic (exact) mass is 342 g/mol. The fourth-order valence-electron chi connectivity index (χ4n) is 1.98. The molecule has 2 N–H and O–H groups in total. The third-order valence-electron chi connectivity index (χ3n) is 3.15. The minimum absolute atomic E-state index is 0.292. The Labute approximate surface area is 141 Å². The maximum absolute atomic E-state index is 12.2. The van der Waals surface area contributed by atoms with Crippen molar-refractivity contribution in [2.24, 2.45) is 5.10 Å². The van der Waals surface area contributed by atoms with E-state index >= 15 is 0 Å². The van der Waals surface area contributed by atoms with Crippen LogP contribution in [-0.4, -0.2) is 28.6 Å². The highest BCUT2D eigenvalue weighted by Gasteiger charge is 2.15. The SMILES string of the molecule is CSc1ccc(/C=N/NC(=O)c2cn[nH]c2-c2cccs2)cc1. The van der Waals surface area contributed by atoms with Gasteiger partial charge in [-0.15, -0.1) is 23.1 Å². The van der Waals surface area contributed by atoms with E-state index in [0.717, 1.165) is 10.4 Å². The van der Waals surface area contributed by atoms with Crippen molar-refractivity contribution >= 4 is 35.2 Å². The molecule has 2 heterocycles. The zero-order valence-corrected chi connectivity index (χ0v) is 13.9. The highest BCUT2D eigenvalue weighted by atomic mass is 32.2. The van der Waals surface area contributed by atoms with Crippen molar-refractivity contribution in [3.8, 4) is 10.6 Å². The van der Waals surface area contributed by atoms with E-state index in [2.05, 4.69) is 20.7 Å². The molecular formula is C16H14N4OS2. The number of carbonyl (C=O) groups is 1. The molecular weight excluding hydrogens is 328 g/mol. The molecule has 2 aromatic heterocycles. The number of amides is 1. The third kappa shape index (κ3) is 3.69. The standard InChI is InChI=1S/C16H14N4OS2/c1-22-12-6-4-11(5-7-12)9-17-20-16(21)13-10-18-19-15(13)14-3-2-8-23-14/h2-10H,1H3,(H,18,19)(H,20,21)/b17-9+. The molecule has 3 rings (SSSR count). The Morgan fingerprint density at radius 2 is 2.17 bits per heavy atom. The van der Waals surface area contributed by atoms with E-state index in [4.69, 9.17) is 0 Å². The van der Waals surface area contributed by atoms with Crippen LogP contribution in [0, 0.1) is 0 Å². The van der Waals surface area contributed by atoms with Gasteiger partial charge in [0, 0.05) is 4.90 Å². The molecule has 0 radical (unpaired) electrons. The van der Waals surface area contributed by atoms with Gasteiger partial charge in [-0.1, -0.05) is 18.2 Å². The highest BCUT2D eigenvalue weighted by molar-refractivity contribution is 7.98. The Hall–Kier alpha value is -2.38. The van der Waals surface area contributed by atoms with Gasteiger partial charge in [-0.3, -0.25) is 9.89 Å². The van der Waals surface area contributed by atoms with Crippen LogP contribution in [0.15, 0.2) is 58.0 Å². The smallest absolute Gasteiger partial charge is 0.275 e. The molecule has 0 fully saturated rings. The normalized spacial score (nSPS) is 11.0. The average Bonchev–Trinajstić information content (AvgIpc) is 3.26. The van der Waals surface area contributed by atoms with Crippen molar-refractivity contribution in [1.29, 1.82) is 0 Å². The quantitative estimate of drug-likeness (QED) is 0.423. The molecule has 23 heavy (non-hydrogen) atoms. The zero-order valence-electron chi connectivity index (χ0n) is 12.3. The fourth-order valence-corrected chi connectivity index (χ4v) is 3.13. The first-order valence-corrected chi connectivity index (χ1v) is 8.93. The number of hydrogen-bond donors (Lipinski definition) is 2. The number of rotatable bonds is 5. The summed E-state index contributed by atoms with van der Waals surface area (Å²) in [6.07, 6.45) is 5.15. The summed E-state index contributed by atoms with van der Waals surface area (Å²) in [6.45, 7) is 0. The summed E-state index contributed by atoms with van der Waals surface area (Å²) in [6, 6.07) is 11.8. The molecule has 0 aliphatic rings. The Morgan fingerprint density at radius 3 is 2.87 bits per heavy atom. The Bertz CT molecular complexity index is 807. The van der Waals surface area contributed by atoms with Gasteiger partial charge in [-0.05, 0) is 35.4 Å². The summed E-state index contributed by atoms with van der Waals surface area (Å²) in [7, 11) is 0. The molecule has 0 aliphatic heterocycles. The number of nitrogens with zero attached hydrogens (tertiary/aromatic N) is 2. The van der Waals surface area contributed by atoms with Gasteiger partial charge >= 0.3 is 0 Å². The van der Waals surface area contributed by atoms with Crippen LogP contribution in [0.25, 0.3) is 10.6 Å². The van der Waals surface area contributed by atoms with Gasteiger partial charge in [0.1, 0.15) is 0 Å². The molecule has 3 aromatic rings. The van der Waals surface area contributed by atoms with Gasteiger partial charge in [0.05, 0.1) is 28.5 Å². The number of thioether (sulfide) groups is 1. The second kappa shape index (κ2) is 7.26. The molecule has 0 saturated heterocycles. The molecule has 0 bridgehead atoms. The summed E-state index contributed by atoms with van der Waals surface area (Å²) in [5, 5.41) is 12.8. The van der Waals surface area contributed by atoms with Crippen LogP contribution >= 0.6 is 23.1 Å². The number of hydrogen-bond acceptors (Lipinski definition) is 5. The number of hydrazone groups is 1. The lowest BCUT2D eigenvalue weighted by Gasteiger charge is -2.00. The summed E-state index contributed by atoms with van der Waals surface area (Å²) < 4.78 is 0. The van der Waals surface area contributed by atoms with Crippen molar-refractivity contribution in [2.75, 3.05) is 6.26 Å². The maximum atomic E-state index is 12.2. The summed E-state index contributed by atoms with van der Waals surface area (Å²) >= 11 is 3.23. The first-order chi connectivity index (χ1) is 11.3. The lowest BCUT2D eigenvalue weighted by atomic mass is 10.2. The second-order valence-corrected chi connectivity index (χ2v) is 6.44. The Kier molecular flexibility index (Phi) is 4.89. The van der Waals surface area contributed by atoms with Gasteiger partial charge in [-0.25, -0.2) is 5.43 Å². The fraction of sp³-hybridized carbons (Fsp3) is 0.0625. The molecule has 1 amide bonds. The van der Waals surface area contributed by atoms with Crippen LogP contribution in [0.2, 0.25) is 0 Å². The van der Waals surface area contributed by atoms with Crippen LogP contribution < -0.4 is 5.43 Å². The summed E-state index contributed by atoms with van der Waals surface area (Å²) in [5.74, 6) is -0.292. The van der Waals surface area contributed by atoms with E-state index in [1.165, 1.54) is 11.1 Å². The average molecular weight is 342 g/mol. The minimum atomic E-state index is -0.292. The predicted molar refractivity (Wildman–Crippen MR) is 95.2 cm³/mol. The van der Waals surface area contributed by atoms with Gasteiger partial charge in [0.25, 0.3) is 5.91 Å². The molecule has 0 atom stereocenters. The number of nitrogens with one attached hydrogen (secondary N) is 2. The largest absolute Gasteiger partial charge is 0.276 e. The maximum Gasteiger partial charge on any atom is 0.275 e. The molecule has 0 saturated carbocycles. The molecule has 0 spiro atoms. The van der Waals surface area contributed by atoms with Crippen LogP contribution in [0.5, 0.6) is 0 Å². The highest BCUT2D eigenvalue weighted by Crippen LogP contribution is 2.25. The number of carbonyl (C=O) groups excluding carboxylic acids is 1. The van der Waals surface area contributed by atoms with Crippen molar-refractivity contribution in [1.82, 2.24) is 15.6 Å². The second-order valence-electron chi connectivity index (χ2n) is 4.61. The van der Waals surface area contributed by atoms with E-state index in [1.54, 1.807) is 29.3 Å². The topological polar surface area (TPSA) is 70.1 Å². The van der Waals surface area contributed by atoms with E-state index in [1.807, 2.05) is 48.0 Å². The molecule has 5 nitrogen and oxygen atoms in total. The van der Waals surface area contributed by atoms with Crippen molar-refractivity contribution < 1.29 is 4.79 Å². The van der Waals surface area contributed by atoms with Crippen LogP contribution in [-0.2, 0) is 0 Å². The Balaban J connectivity index is 1.68. The number of thiophene rings is 1. The lowest BCUT2D eigenvalue weighted by molar-refractivity contribution is 0.0956. The van der Waals surface area contributed by atoms with Gasteiger partial charge < -0.3 is 0 Å². The number of H-pyrrole nitrogens is 1. The first-order valence-electron chi connectivity index (χ1n) is 6.82. The van der Waals surface area contributed by atoms with Gasteiger partial charge in [0.2, 0.25) is 0 Å².